The number of hydrogen-bond donors (Lipinski definition) is 1. The molecular formula is C8H9FN2O5S. The van der Waals surface area contributed by atoms with Crippen LogP contribution in [0.5, 0.6) is 5.75 Å². The summed E-state index contributed by atoms with van der Waals surface area (Å²) in [5.41, 5.74) is -0.677. The van der Waals surface area contributed by atoms with Crippen molar-refractivity contribution in [1.29, 1.82) is 0 Å². The van der Waals surface area contributed by atoms with Crippen molar-refractivity contribution in [1.82, 2.24) is 0 Å². The smallest absolute Gasteiger partial charge is 0.305 e. The van der Waals surface area contributed by atoms with Gasteiger partial charge in [-0.05, 0) is 6.07 Å². The van der Waals surface area contributed by atoms with Gasteiger partial charge < -0.3 is 4.74 Å². The van der Waals surface area contributed by atoms with Crippen molar-refractivity contribution in [3.63, 3.8) is 0 Å². The van der Waals surface area contributed by atoms with Crippen LogP contribution in [0.1, 0.15) is 0 Å². The van der Waals surface area contributed by atoms with E-state index in [9.17, 15) is 22.9 Å². The Morgan fingerprint density at radius 1 is 1.47 bits per heavy atom. The van der Waals surface area contributed by atoms with Gasteiger partial charge in [-0.3, -0.25) is 10.1 Å². The summed E-state index contributed by atoms with van der Waals surface area (Å²) in [4.78, 5) is 9.44. The van der Waals surface area contributed by atoms with Crippen molar-refractivity contribution < 1.29 is 22.5 Å². The van der Waals surface area contributed by atoms with E-state index < -0.39 is 32.2 Å². The Balaban J connectivity index is 2.68. The van der Waals surface area contributed by atoms with Crippen LogP contribution in [0.2, 0.25) is 0 Å². The van der Waals surface area contributed by atoms with E-state index in [-0.39, 0.29) is 12.4 Å². The molecule has 1 aromatic rings. The molecule has 0 aliphatic heterocycles. The Morgan fingerprint density at radius 3 is 2.59 bits per heavy atom. The van der Waals surface area contributed by atoms with Crippen molar-refractivity contribution in [3.05, 3.63) is 34.1 Å². The molecule has 7 nitrogen and oxygen atoms in total. The monoisotopic (exact) mass is 264 g/mol. The Kier molecular flexibility index (Phi) is 3.97. The van der Waals surface area contributed by atoms with Gasteiger partial charge in [0.05, 0.1) is 10.7 Å². The topological polar surface area (TPSA) is 113 Å². The second kappa shape index (κ2) is 5.06. The highest BCUT2D eigenvalue weighted by Crippen LogP contribution is 2.22. The molecule has 0 aliphatic carbocycles. The fraction of sp³-hybridized carbons (Fsp3) is 0.250. The van der Waals surface area contributed by atoms with Gasteiger partial charge in [-0.1, -0.05) is 0 Å². The minimum atomic E-state index is -3.65. The average Bonchev–Trinajstić information content (AvgIpc) is 2.15. The predicted octanol–water partition coefficient (Wildman–Crippen LogP) is 0.401. The lowest BCUT2D eigenvalue weighted by molar-refractivity contribution is -0.387. The van der Waals surface area contributed by atoms with Gasteiger partial charge in [0.1, 0.15) is 12.4 Å². The molecule has 0 fully saturated rings. The third kappa shape index (κ3) is 4.33. The van der Waals surface area contributed by atoms with Crippen LogP contribution in [0, 0.1) is 15.9 Å². The zero-order valence-electron chi connectivity index (χ0n) is 8.50. The Morgan fingerprint density at radius 2 is 2.12 bits per heavy atom. The van der Waals surface area contributed by atoms with Crippen LogP contribution in [0.15, 0.2) is 18.2 Å². The number of rotatable bonds is 5. The van der Waals surface area contributed by atoms with Crippen molar-refractivity contribution in [3.8, 4) is 5.75 Å². The first-order valence-electron chi connectivity index (χ1n) is 4.37. The van der Waals surface area contributed by atoms with Crippen LogP contribution in [0.3, 0.4) is 0 Å². The highest BCUT2D eigenvalue weighted by Gasteiger charge is 2.14. The molecule has 9 heteroatoms. The van der Waals surface area contributed by atoms with Crippen LogP contribution in [0.25, 0.3) is 0 Å². The standard InChI is InChI=1S/C8H9FN2O5S/c9-7-5-6(1-2-8(7)11(12)13)16-3-4-17(10,14)15/h1-2,5H,3-4H2,(H2,10,14,15). The third-order valence-corrected chi connectivity index (χ3v) is 2.49. The predicted molar refractivity (Wildman–Crippen MR) is 56.5 cm³/mol. The van der Waals surface area contributed by atoms with Gasteiger partial charge in [0.15, 0.2) is 0 Å². The first-order valence-corrected chi connectivity index (χ1v) is 6.08. The first kappa shape index (κ1) is 13.3. The van der Waals surface area contributed by atoms with E-state index in [2.05, 4.69) is 0 Å². The Bertz CT molecular complexity index is 531. The van der Waals surface area contributed by atoms with E-state index in [0.29, 0.717) is 0 Å². The minimum absolute atomic E-state index is 0.00301. The summed E-state index contributed by atoms with van der Waals surface area (Å²) >= 11 is 0. The van der Waals surface area contributed by atoms with E-state index >= 15 is 0 Å². The van der Waals surface area contributed by atoms with Gasteiger partial charge in [-0.15, -0.1) is 0 Å². The molecule has 0 aromatic heterocycles. The van der Waals surface area contributed by atoms with Gasteiger partial charge in [0.2, 0.25) is 15.8 Å². The molecule has 0 radical (unpaired) electrons. The van der Waals surface area contributed by atoms with Gasteiger partial charge in [-0.2, -0.15) is 4.39 Å². The van der Waals surface area contributed by atoms with E-state index in [1.54, 1.807) is 0 Å². The number of primary sulfonamides is 1. The van der Waals surface area contributed by atoms with Crippen LogP contribution >= 0.6 is 0 Å². The summed E-state index contributed by atoms with van der Waals surface area (Å²) in [5, 5.41) is 15.0. The minimum Gasteiger partial charge on any atom is -0.492 e. The molecule has 1 rings (SSSR count). The number of hydrogen-bond acceptors (Lipinski definition) is 5. The normalized spacial score (nSPS) is 11.2. The molecule has 0 bridgehead atoms. The van der Waals surface area contributed by atoms with Crippen molar-refractivity contribution in [2.75, 3.05) is 12.4 Å². The maximum Gasteiger partial charge on any atom is 0.305 e. The van der Waals surface area contributed by atoms with Crippen LogP contribution in [-0.4, -0.2) is 25.7 Å². The number of nitro groups is 1. The molecule has 0 unspecified atom stereocenters. The maximum absolute atomic E-state index is 13.1. The van der Waals surface area contributed by atoms with Crippen molar-refractivity contribution >= 4 is 15.7 Å². The number of nitrogens with zero attached hydrogens (tertiary/aromatic N) is 1. The molecule has 17 heavy (non-hydrogen) atoms. The van der Waals surface area contributed by atoms with Crippen molar-refractivity contribution in [2.45, 2.75) is 0 Å². The van der Waals surface area contributed by atoms with Crippen LogP contribution < -0.4 is 9.88 Å². The lowest BCUT2D eigenvalue weighted by Gasteiger charge is -2.04. The second-order valence-electron chi connectivity index (χ2n) is 3.09. The van der Waals surface area contributed by atoms with E-state index in [1.807, 2.05) is 0 Å². The van der Waals surface area contributed by atoms with E-state index in [4.69, 9.17) is 9.88 Å². The fourth-order valence-corrected chi connectivity index (χ4v) is 1.32. The fourth-order valence-electron chi connectivity index (χ4n) is 1.00. The SMILES string of the molecule is NS(=O)(=O)CCOc1ccc([N+](=O)[O-])c(F)c1. The van der Waals surface area contributed by atoms with E-state index in [0.717, 1.165) is 12.1 Å². The summed E-state index contributed by atoms with van der Waals surface area (Å²) in [7, 11) is -3.65. The lowest BCUT2D eigenvalue weighted by Crippen LogP contribution is -2.21. The maximum atomic E-state index is 13.1. The zero-order valence-corrected chi connectivity index (χ0v) is 9.31. The molecule has 0 atom stereocenters. The first-order chi connectivity index (χ1) is 7.79. The quantitative estimate of drug-likeness (QED) is 0.611. The summed E-state index contributed by atoms with van der Waals surface area (Å²) in [5.74, 6) is -1.48. The zero-order chi connectivity index (χ0) is 13.1. The number of halogens is 1. The van der Waals surface area contributed by atoms with Gasteiger partial charge in [-0.25, -0.2) is 13.6 Å². The molecule has 0 spiro atoms. The number of ether oxygens (including phenoxy) is 1. The Hall–Kier alpha value is -1.74. The Labute approximate surface area is 96.2 Å². The molecule has 94 valence electrons. The van der Waals surface area contributed by atoms with Gasteiger partial charge in [0, 0.05) is 12.1 Å². The molecule has 0 aliphatic rings. The van der Waals surface area contributed by atoms with E-state index in [1.165, 1.54) is 6.07 Å². The third-order valence-electron chi connectivity index (χ3n) is 1.75. The molecule has 0 heterocycles. The molecule has 0 saturated carbocycles. The molecular weight excluding hydrogens is 255 g/mol. The van der Waals surface area contributed by atoms with Crippen LogP contribution in [-0.2, 0) is 10.0 Å². The molecule has 1 aromatic carbocycles. The molecule has 2 N–H and O–H groups in total. The van der Waals surface area contributed by atoms with Gasteiger partial charge >= 0.3 is 5.69 Å². The summed E-state index contributed by atoms with van der Waals surface area (Å²) < 4.78 is 39.1. The molecule has 0 amide bonds. The number of sulfonamides is 1. The summed E-state index contributed by atoms with van der Waals surface area (Å²) in [6.45, 7) is -0.254. The van der Waals surface area contributed by atoms with Gasteiger partial charge in [0.25, 0.3) is 0 Å². The highest BCUT2D eigenvalue weighted by atomic mass is 32.2. The summed E-state index contributed by atoms with van der Waals surface area (Å²) in [6.07, 6.45) is 0. The van der Waals surface area contributed by atoms with Crippen LogP contribution in [0.4, 0.5) is 10.1 Å². The number of nitrogens with two attached hydrogens (primary N) is 1. The second-order valence-corrected chi connectivity index (χ2v) is 4.82. The summed E-state index contributed by atoms with van der Waals surface area (Å²) in [6, 6.07) is 2.91. The largest absolute Gasteiger partial charge is 0.492 e. The number of benzene rings is 1. The highest BCUT2D eigenvalue weighted by molar-refractivity contribution is 7.89. The van der Waals surface area contributed by atoms with Crippen molar-refractivity contribution in [2.24, 2.45) is 5.14 Å². The lowest BCUT2D eigenvalue weighted by atomic mass is 10.3. The number of nitro benzene ring substituents is 1. The average molecular weight is 264 g/mol. The molecule has 0 saturated heterocycles.